The molecule has 0 unspecified atom stereocenters. The molecule has 2 aliphatic heterocycles. The smallest absolute Gasteiger partial charge is 0.220 e. The van der Waals surface area contributed by atoms with Gasteiger partial charge in [0.1, 0.15) is 0 Å². The molecule has 0 saturated carbocycles. The Morgan fingerprint density at radius 3 is 2.22 bits per heavy atom. The maximum absolute atomic E-state index is 12.4. The van der Waals surface area contributed by atoms with Crippen molar-refractivity contribution < 1.29 is 33.6 Å². The summed E-state index contributed by atoms with van der Waals surface area (Å²) in [7, 11) is 3.34. The van der Waals surface area contributed by atoms with Crippen LogP contribution < -0.4 is 20.1 Å². The summed E-state index contributed by atoms with van der Waals surface area (Å²) in [6, 6.07) is 20.2. The molecule has 3 N–H and O–H groups in total. The van der Waals surface area contributed by atoms with Crippen LogP contribution in [0.15, 0.2) is 60.7 Å². The Morgan fingerprint density at radius 1 is 0.878 bits per heavy atom. The fraction of sp³-hybridized carbons (Fsp3) is 0.487. The molecule has 2 amide bonds. The van der Waals surface area contributed by atoms with E-state index in [1.165, 1.54) is 18.1 Å². The van der Waals surface area contributed by atoms with Crippen molar-refractivity contribution in [3.05, 3.63) is 94.0 Å². The third-order valence-corrected chi connectivity index (χ3v) is 9.55. The number of benzene rings is 3. The number of carbonyl (C=O) groups is 2. The van der Waals surface area contributed by atoms with Gasteiger partial charge in [0.25, 0.3) is 0 Å². The lowest BCUT2D eigenvalue weighted by molar-refractivity contribution is -0.276. The molecule has 3 aromatic carbocycles. The van der Waals surface area contributed by atoms with Crippen LogP contribution in [0.4, 0.5) is 0 Å². The summed E-state index contributed by atoms with van der Waals surface area (Å²) in [6.45, 7) is 7.24. The molecule has 4 atom stereocenters. The molecule has 3 aromatic rings. The van der Waals surface area contributed by atoms with Crippen LogP contribution in [0.3, 0.4) is 0 Å². The van der Waals surface area contributed by atoms with E-state index in [0.717, 1.165) is 79.1 Å². The van der Waals surface area contributed by atoms with Crippen molar-refractivity contribution in [2.45, 2.75) is 84.1 Å². The first kappa shape index (κ1) is 36.3. The van der Waals surface area contributed by atoms with Crippen molar-refractivity contribution in [2.24, 2.45) is 5.92 Å². The molecular weight excluding hydrogens is 622 g/mol. The van der Waals surface area contributed by atoms with Crippen LogP contribution in [0.1, 0.15) is 85.3 Å². The molecule has 2 heterocycles. The first-order valence-corrected chi connectivity index (χ1v) is 17.3. The molecule has 0 aliphatic carbocycles. The van der Waals surface area contributed by atoms with E-state index in [0.29, 0.717) is 19.5 Å². The lowest BCUT2D eigenvalue weighted by Gasteiger charge is -2.43. The molecule has 1 saturated heterocycles. The summed E-state index contributed by atoms with van der Waals surface area (Å²) in [6.07, 6.45) is 3.07. The lowest BCUT2D eigenvalue weighted by Crippen LogP contribution is -2.45. The Kier molecular flexibility index (Phi) is 13.1. The first-order valence-electron chi connectivity index (χ1n) is 17.3. The summed E-state index contributed by atoms with van der Waals surface area (Å²) < 4.78 is 24.5. The number of aliphatic hydroxyl groups excluding tert-OH is 1. The van der Waals surface area contributed by atoms with Gasteiger partial charge in [0.05, 0.1) is 33.0 Å². The van der Waals surface area contributed by atoms with Gasteiger partial charge in [-0.25, -0.2) is 0 Å². The van der Waals surface area contributed by atoms with Crippen LogP contribution >= 0.6 is 0 Å². The third kappa shape index (κ3) is 9.82. The summed E-state index contributed by atoms with van der Waals surface area (Å²) in [5.74, 6) is 1.56. The van der Waals surface area contributed by atoms with Crippen molar-refractivity contribution in [1.82, 2.24) is 15.5 Å². The van der Waals surface area contributed by atoms with Crippen LogP contribution in [-0.4, -0.2) is 61.8 Å². The minimum absolute atomic E-state index is 0.00441. The number of ether oxygens (including phenoxy) is 4. The average molecular weight is 674 g/mol. The van der Waals surface area contributed by atoms with Gasteiger partial charge in [0.2, 0.25) is 11.8 Å². The Hall–Kier alpha value is -3.96. The number of hydrogen-bond acceptors (Lipinski definition) is 8. The number of carbonyl (C=O) groups excluding carboxylic acids is 2. The maximum Gasteiger partial charge on any atom is 0.220 e. The molecule has 264 valence electrons. The number of nitrogens with one attached hydrogen (secondary N) is 2. The van der Waals surface area contributed by atoms with Gasteiger partial charge in [0, 0.05) is 57.5 Å². The second kappa shape index (κ2) is 17.6. The summed E-state index contributed by atoms with van der Waals surface area (Å²) in [4.78, 5) is 25.8. The highest BCUT2D eigenvalue weighted by molar-refractivity contribution is 5.75. The minimum atomic E-state index is -0.564. The number of nitrogens with zero attached hydrogens (tertiary/aromatic N) is 1. The van der Waals surface area contributed by atoms with E-state index in [2.05, 4.69) is 34.6 Å². The molecule has 5 rings (SSSR count). The maximum atomic E-state index is 12.4. The lowest BCUT2D eigenvalue weighted by atomic mass is 9.89. The molecule has 0 aromatic heterocycles. The second-order valence-electron chi connectivity index (χ2n) is 13.1. The van der Waals surface area contributed by atoms with Crippen LogP contribution in [0.2, 0.25) is 0 Å². The monoisotopic (exact) mass is 673 g/mol. The van der Waals surface area contributed by atoms with E-state index in [4.69, 9.17) is 18.9 Å². The zero-order chi connectivity index (χ0) is 34.8. The van der Waals surface area contributed by atoms with Gasteiger partial charge in [-0.1, -0.05) is 61.9 Å². The van der Waals surface area contributed by atoms with Gasteiger partial charge in [-0.05, 0) is 59.2 Å². The van der Waals surface area contributed by atoms with Crippen LogP contribution in [0.25, 0.3) is 0 Å². The normalized spacial score (nSPS) is 20.7. The number of unbranched alkanes of at least 4 members (excludes halogenated alkanes) is 2. The van der Waals surface area contributed by atoms with Crippen molar-refractivity contribution in [3.8, 4) is 11.5 Å². The summed E-state index contributed by atoms with van der Waals surface area (Å²) >= 11 is 0. The van der Waals surface area contributed by atoms with Gasteiger partial charge in [-0.2, -0.15) is 0 Å². The molecular formula is C39H51N3O7. The highest BCUT2D eigenvalue weighted by atomic mass is 16.7. The second-order valence-corrected chi connectivity index (χ2v) is 13.1. The topological polar surface area (TPSA) is 119 Å². The molecule has 0 spiro atoms. The van der Waals surface area contributed by atoms with E-state index in [9.17, 15) is 14.7 Å². The van der Waals surface area contributed by atoms with Gasteiger partial charge < -0.3 is 34.7 Å². The molecule has 1 fully saturated rings. The average Bonchev–Trinajstić information content (AvgIpc) is 3.12. The Bertz CT molecular complexity index is 1530. The molecule has 49 heavy (non-hydrogen) atoms. The summed E-state index contributed by atoms with van der Waals surface area (Å²) in [5.41, 5.74) is 6.35. The largest absolute Gasteiger partial charge is 0.493 e. The zero-order valence-corrected chi connectivity index (χ0v) is 29.2. The quantitative estimate of drug-likeness (QED) is 0.185. The van der Waals surface area contributed by atoms with Gasteiger partial charge in [0.15, 0.2) is 17.8 Å². The highest BCUT2D eigenvalue weighted by Crippen LogP contribution is 2.42. The SMILES string of the molecule is COc1cc2c(cc1OC)CN(C[C@@H]1O[C@H](c3ccc(CNC(=O)CCCCCNC(C)=O)cc3)O[C@H](c3ccc(CO)cc3)[C@@H]1C)CC2. The number of fused-ring (bicyclic) bond motifs is 1. The minimum Gasteiger partial charge on any atom is -0.493 e. The fourth-order valence-corrected chi connectivity index (χ4v) is 6.61. The van der Waals surface area contributed by atoms with Crippen molar-refractivity contribution in [2.75, 3.05) is 33.9 Å². The zero-order valence-electron chi connectivity index (χ0n) is 29.2. The number of methoxy groups -OCH3 is 2. The van der Waals surface area contributed by atoms with E-state index in [1.807, 2.05) is 48.5 Å². The van der Waals surface area contributed by atoms with E-state index in [1.54, 1.807) is 14.2 Å². The third-order valence-electron chi connectivity index (χ3n) is 9.55. The van der Waals surface area contributed by atoms with Gasteiger partial charge in [-0.15, -0.1) is 0 Å². The number of rotatable bonds is 15. The number of hydrogen-bond donors (Lipinski definition) is 3. The van der Waals surface area contributed by atoms with Crippen LogP contribution in [0, 0.1) is 5.92 Å². The number of amides is 2. The van der Waals surface area contributed by atoms with Crippen molar-refractivity contribution >= 4 is 11.8 Å². The Balaban J connectivity index is 1.23. The fourth-order valence-electron chi connectivity index (χ4n) is 6.61. The summed E-state index contributed by atoms with van der Waals surface area (Å²) in [5, 5.41) is 15.4. The molecule has 2 aliphatic rings. The molecule has 0 bridgehead atoms. The molecule has 0 radical (unpaired) electrons. The van der Waals surface area contributed by atoms with Crippen molar-refractivity contribution in [1.29, 1.82) is 0 Å². The van der Waals surface area contributed by atoms with Crippen molar-refractivity contribution in [3.63, 3.8) is 0 Å². The van der Waals surface area contributed by atoms with E-state index >= 15 is 0 Å². The predicted molar refractivity (Wildman–Crippen MR) is 187 cm³/mol. The molecule has 10 heteroatoms. The standard InChI is InChI=1S/C39H51N3O7/c1-26-36(24-42-19-17-32-20-34(46-3)35(47-4)21-33(32)23-42)48-39(49-38(26)30-13-11-29(25-43)12-14-30)31-15-9-28(10-16-31)22-41-37(45)8-6-5-7-18-40-27(2)44/h9-16,20-21,26,36,38-39,43H,5-8,17-19,22-25H2,1-4H3,(H,40,44)(H,41,45)/t26-,36+,38+,39+/m1/s1. The molecule has 10 nitrogen and oxygen atoms in total. The van der Waals surface area contributed by atoms with Gasteiger partial charge >= 0.3 is 0 Å². The van der Waals surface area contributed by atoms with E-state index < -0.39 is 6.29 Å². The van der Waals surface area contributed by atoms with E-state index in [-0.39, 0.29) is 36.5 Å². The number of aliphatic hydroxyl groups is 1. The Morgan fingerprint density at radius 2 is 1.55 bits per heavy atom. The Labute approximate surface area is 290 Å². The highest BCUT2D eigenvalue weighted by Gasteiger charge is 2.39. The first-order chi connectivity index (χ1) is 23.8. The van der Waals surface area contributed by atoms with Gasteiger partial charge in [-0.3, -0.25) is 14.5 Å². The predicted octanol–water partition coefficient (Wildman–Crippen LogP) is 5.36. The van der Waals surface area contributed by atoms with Crippen LogP contribution in [-0.2, 0) is 45.2 Å². The van der Waals surface area contributed by atoms with Crippen LogP contribution in [0.5, 0.6) is 11.5 Å².